The van der Waals surface area contributed by atoms with Gasteiger partial charge in [-0.25, -0.2) is 0 Å². The lowest BCUT2D eigenvalue weighted by Gasteiger charge is -2.42. The summed E-state index contributed by atoms with van der Waals surface area (Å²) < 4.78 is 0. The summed E-state index contributed by atoms with van der Waals surface area (Å²) in [6, 6.07) is 32.2. The number of rotatable bonds is 1. The fourth-order valence-corrected chi connectivity index (χ4v) is 7.62. The molecule has 0 amide bonds. The summed E-state index contributed by atoms with van der Waals surface area (Å²) in [6.07, 6.45) is 5.85. The molecule has 0 fully saturated rings. The molecule has 1 heteroatoms. The van der Waals surface area contributed by atoms with Crippen molar-refractivity contribution in [1.29, 1.82) is 0 Å². The topological polar surface area (TPSA) is 3.24 Å². The largest absolute Gasteiger partial charge is 0.313 e. The van der Waals surface area contributed by atoms with Crippen LogP contribution in [0, 0.1) is 0 Å². The van der Waals surface area contributed by atoms with E-state index in [2.05, 4.69) is 130 Å². The first-order chi connectivity index (χ1) is 17.9. The van der Waals surface area contributed by atoms with Crippen molar-refractivity contribution in [3.05, 3.63) is 131 Å². The lowest BCUT2D eigenvalue weighted by atomic mass is 9.70. The van der Waals surface area contributed by atoms with Crippen LogP contribution in [0.5, 0.6) is 0 Å². The molecular weight excluding hydrogens is 446 g/mol. The third-order valence-corrected chi connectivity index (χ3v) is 9.56. The molecule has 2 heterocycles. The first kappa shape index (κ1) is 21.3. The van der Waals surface area contributed by atoms with Crippen LogP contribution in [0.25, 0.3) is 22.3 Å². The maximum Gasteiger partial charge on any atom is 0.0499 e. The maximum atomic E-state index is 2.56. The van der Waals surface area contributed by atoms with Crippen molar-refractivity contribution < 1.29 is 0 Å². The Kier molecular flexibility index (Phi) is 3.98. The van der Waals surface area contributed by atoms with E-state index in [4.69, 9.17) is 0 Å². The molecule has 0 bridgehead atoms. The Balaban J connectivity index is 1.29. The number of allylic oxidation sites excluding steroid dienone is 4. The molecule has 2 aliphatic carbocycles. The summed E-state index contributed by atoms with van der Waals surface area (Å²) in [5.41, 5.74) is 16.8. The molecule has 37 heavy (non-hydrogen) atoms. The summed E-state index contributed by atoms with van der Waals surface area (Å²) in [5, 5.41) is 0. The zero-order valence-corrected chi connectivity index (χ0v) is 22.0. The van der Waals surface area contributed by atoms with Crippen molar-refractivity contribution >= 4 is 11.4 Å². The molecule has 2 aliphatic heterocycles. The van der Waals surface area contributed by atoms with Gasteiger partial charge in [0, 0.05) is 33.8 Å². The summed E-state index contributed by atoms with van der Waals surface area (Å²) in [6.45, 7) is 9.50. The van der Waals surface area contributed by atoms with Crippen molar-refractivity contribution in [1.82, 2.24) is 0 Å². The van der Waals surface area contributed by atoms with E-state index in [1.807, 2.05) is 0 Å². The Morgan fingerprint density at radius 2 is 1.35 bits per heavy atom. The van der Waals surface area contributed by atoms with Gasteiger partial charge >= 0.3 is 0 Å². The van der Waals surface area contributed by atoms with E-state index in [1.54, 1.807) is 0 Å². The van der Waals surface area contributed by atoms with Crippen molar-refractivity contribution in [2.75, 3.05) is 4.90 Å². The second-order valence-corrected chi connectivity index (χ2v) is 12.2. The van der Waals surface area contributed by atoms with Crippen LogP contribution in [-0.2, 0) is 10.8 Å². The number of nitrogens with zero attached hydrogens (tertiary/aromatic N) is 1. The van der Waals surface area contributed by atoms with E-state index in [-0.39, 0.29) is 10.8 Å². The predicted molar refractivity (Wildman–Crippen MR) is 155 cm³/mol. The van der Waals surface area contributed by atoms with E-state index in [1.165, 1.54) is 67.2 Å². The maximum absolute atomic E-state index is 2.56. The third kappa shape index (κ3) is 2.60. The molecule has 0 saturated carbocycles. The average Bonchev–Trinajstić information content (AvgIpc) is 3.37. The molecule has 180 valence electrons. The van der Waals surface area contributed by atoms with Crippen molar-refractivity contribution in [2.45, 2.75) is 50.9 Å². The molecule has 4 aliphatic rings. The molecule has 1 atom stereocenters. The fraction of sp³-hybridized carbons (Fsp3) is 0.222. The van der Waals surface area contributed by atoms with Gasteiger partial charge in [-0.05, 0) is 80.8 Å². The number of benzene rings is 4. The van der Waals surface area contributed by atoms with Crippen LogP contribution in [0.4, 0.5) is 11.4 Å². The molecule has 4 aromatic rings. The van der Waals surface area contributed by atoms with Crippen LogP contribution in [0.3, 0.4) is 0 Å². The highest BCUT2D eigenvalue weighted by Crippen LogP contribution is 2.60. The Bertz CT molecular complexity index is 1710. The summed E-state index contributed by atoms with van der Waals surface area (Å²) in [5.74, 6) is 0.415. The van der Waals surface area contributed by atoms with Gasteiger partial charge in [0.2, 0.25) is 0 Å². The first-order valence-corrected chi connectivity index (χ1v) is 13.6. The molecule has 0 aromatic heterocycles. The minimum absolute atomic E-state index is 0.00302. The van der Waals surface area contributed by atoms with Gasteiger partial charge in [-0.15, -0.1) is 0 Å². The van der Waals surface area contributed by atoms with Crippen LogP contribution in [0.2, 0.25) is 0 Å². The van der Waals surface area contributed by atoms with Crippen LogP contribution in [0.1, 0.15) is 62.3 Å². The lowest BCUT2D eigenvalue weighted by Crippen LogP contribution is -2.33. The van der Waals surface area contributed by atoms with E-state index < -0.39 is 0 Å². The van der Waals surface area contributed by atoms with Gasteiger partial charge in [0.15, 0.2) is 0 Å². The predicted octanol–water partition coefficient (Wildman–Crippen LogP) is 9.40. The number of hydrogen-bond donors (Lipinski definition) is 0. The highest BCUT2D eigenvalue weighted by Gasteiger charge is 2.46. The van der Waals surface area contributed by atoms with Crippen molar-refractivity contribution in [2.24, 2.45) is 0 Å². The third-order valence-electron chi connectivity index (χ3n) is 9.56. The monoisotopic (exact) mass is 477 g/mol. The molecule has 0 radical (unpaired) electrons. The Morgan fingerprint density at radius 3 is 2.22 bits per heavy atom. The van der Waals surface area contributed by atoms with Crippen LogP contribution in [-0.4, -0.2) is 0 Å². The zero-order chi connectivity index (χ0) is 25.1. The van der Waals surface area contributed by atoms with Gasteiger partial charge < -0.3 is 4.90 Å². The number of hydrogen-bond acceptors (Lipinski definition) is 1. The van der Waals surface area contributed by atoms with Gasteiger partial charge in [-0.1, -0.05) is 101 Å². The van der Waals surface area contributed by atoms with E-state index in [0.29, 0.717) is 5.92 Å². The Morgan fingerprint density at radius 1 is 0.649 bits per heavy atom. The van der Waals surface area contributed by atoms with Crippen molar-refractivity contribution in [3.63, 3.8) is 0 Å². The van der Waals surface area contributed by atoms with Crippen LogP contribution in [0.15, 0.2) is 108 Å². The summed E-state index contributed by atoms with van der Waals surface area (Å²) in [7, 11) is 0. The first-order valence-electron chi connectivity index (χ1n) is 13.6. The van der Waals surface area contributed by atoms with Crippen molar-refractivity contribution in [3.8, 4) is 22.3 Å². The highest BCUT2D eigenvalue weighted by atomic mass is 15.2. The van der Waals surface area contributed by atoms with E-state index >= 15 is 0 Å². The number of anilines is 2. The smallest absolute Gasteiger partial charge is 0.0499 e. The second kappa shape index (κ2) is 6.92. The van der Waals surface area contributed by atoms with Crippen LogP contribution < -0.4 is 4.90 Å². The zero-order valence-electron chi connectivity index (χ0n) is 22.0. The summed E-state index contributed by atoms with van der Waals surface area (Å²) in [4.78, 5) is 2.56. The fourth-order valence-electron chi connectivity index (χ4n) is 7.62. The van der Waals surface area contributed by atoms with E-state index in [9.17, 15) is 0 Å². The SMILES string of the molecule is CC1(C)C2=C3C(CC=C2)c2cc(-c4ccc5c(c4)C(C)(C)c4ccccc4-5)ccc2N3c2ccccc21. The second-order valence-electron chi connectivity index (χ2n) is 12.2. The molecular formula is C36H31N. The van der Waals surface area contributed by atoms with Gasteiger partial charge in [-0.3, -0.25) is 0 Å². The van der Waals surface area contributed by atoms with Gasteiger partial charge in [0.25, 0.3) is 0 Å². The Labute approximate surface area is 219 Å². The molecule has 8 rings (SSSR count). The van der Waals surface area contributed by atoms with Gasteiger partial charge in [0.05, 0.1) is 0 Å². The van der Waals surface area contributed by atoms with Crippen LogP contribution >= 0.6 is 0 Å². The lowest BCUT2D eigenvalue weighted by molar-refractivity contribution is 0.598. The molecule has 0 saturated heterocycles. The van der Waals surface area contributed by atoms with E-state index in [0.717, 1.165) is 6.42 Å². The standard InChI is InChI=1S/C36H31N/c1-35(2)28-12-6-5-10-24(28)25-18-16-23(21-31(25)35)22-17-19-32-27(20-22)26-11-9-14-30-34(26)37(32)33-15-8-7-13-29(33)36(30,3)4/h5-10,12-21,26H,11H2,1-4H3. The quantitative estimate of drug-likeness (QED) is 0.264. The normalized spacial score (nSPS) is 20.8. The highest BCUT2D eigenvalue weighted by molar-refractivity contribution is 5.88. The van der Waals surface area contributed by atoms with Gasteiger partial charge in [-0.2, -0.15) is 0 Å². The molecule has 4 aromatic carbocycles. The summed E-state index contributed by atoms with van der Waals surface area (Å²) >= 11 is 0. The van der Waals surface area contributed by atoms with Gasteiger partial charge in [0.1, 0.15) is 0 Å². The Hall–Kier alpha value is -3.84. The minimum Gasteiger partial charge on any atom is -0.313 e. The number of para-hydroxylation sites is 1. The molecule has 0 N–H and O–H groups in total. The average molecular weight is 478 g/mol. The molecule has 1 unspecified atom stereocenters. The molecule has 1 nitrogen and oxygen atoms in total. The number of fused-ring (bicyclic) bond motifs is 8. The minimum atomic E-state index is 0.00302. The molecule has 0 spiro atoms.